The molecule has 0 spiro atoms. The van der Waals surface area contributed by atoms with E-state index in [-0.39, 0.29) is 25.4 Å². The van der Waals surface area contributed by atoms with E-state index in [2.05, 4.69) is 13.8 Å². The van der Waals surface area contributed by atoms with Gasteiger partial charge in [-0.3, -0.25) is 4.79 Å². The Morgan fingerprint density at radius 3 is 2.14 bits per heavy atom. The highest BCUT2D eigenvalue weighted by atomic mass is 16.5. The van der Waals surface area contributed by atoms with Crippen molar-refractivity contribution < 1.29 is 9.53 Å². The van der Waals surface area contributed by atoms with Crippen molar-refractivity contribution in [3.8, 4) is 17.9 Å². The molecule has 0 heterocycles. The zero-order valence-corrected chi connectivity index (χ0v) is 13.1. The van der Waals surface area contributed by atoms with E-state index >= 15 is 0 Å². The van der Waals surface area contributed by atoms with Gasteiger partial charge >= 0.3 is 0 Å². The minimum atomic E-state index is -0.210. The number of carbonyl (C=O) groups excluding carboxylic acids is 1. The Hall–Kier alpha value is -2.53. The monoisotopic (exact) mass is 299 g/mol. The molecule has 0 saturated carbocycles. The summed E-state index contributed by atoms with van der Waals surface area (Å²) in [6.45, 7) is 4.79. The lowest BCUT2D eigenvalue weighted by atomic mass is 10.0. The Balaban J connectivity index is 2.54. The molecule has 5 heteroatoms. The van der Waals surface area contributed by atoms with E-state index in [9.17, 15) is 4.79 Å². The van der Waals surface area contributed by atoms with E-state index in [0.717, 1.165) is 0 Å². The molecule has 5 nitrogen and oxygen atoms in total. The molecule has 116 valence electrons. The fraction of sp³-hybridized carbons (Fsp3) is 0.471. The normalized spacial score (nSPS) is 9.86. The van der Waals surface area contributed by atoms with Crippen LogP contribution in [0.25, 0.3) is 0 Å². The molecule has 1 rings (SSSR count). The van der Waals surface area contributed by atoms with Gasteiger partial charge in [0.25, 0.3) is 5.91 Å². The van der Waals surface area contributed by atoms with Gasteiger partial charge in [-0.1, -0.05) is 26.0 Å². The summed E-state index contributed by atoms with van der Waals surface area (Å²) in [7, 11) is 0. The van der Waals surface area contributed by atoms with Gasteiger partial charge in [-0.15, -0.1) is 0 Å². The highest BCUT2D eigenvalue weighted by Gasteiger charge is 2.13. The molecule has 0 saturated heterocycles. The molecule has 0 bridgehead atoms. The second-order valence-corrected chi connectivity index (χ2v) is 5.21. The highest BCUT2D eigenvalue weighted by molar-refractivity contribution is 5.77. The molecule has 0 aliphatic heterocycles. The number of amides is 1. The highest BCUT2D eigenvalue weighted by Crippen LogP contribution is 2.18. The van der Waals surface area contributed by atoms with Crippen LogP contribution in [0.4, 0.5) is 0 Å². The molecule has 0 aliphatic carbocycles. The summed E-state index contributed by atoms with van der Waals surface area (Å²) in [6, 6.07) is 11.7. The van der Waals surface area contributed by atoms with E-state index in [4.69, 9.17) is 15.3 Å². The summed E-state index contributed by atoms with van der Waals surface area (Å²) in [5.74, 6) is 0.875. The Labute approximate surface area is 131 Å². The number of benzene rings is 1. The first-order valence-electron chi connectivity index (χ1n) is 7.33. The Morgan fingerprint density at radius 1 is 1.14 bits per heavy atom. The van der Waals surface area contributed by atoms with E-state index in [1.807, 2.05) is 36.4 Å². The molecule has 0 aromatic heterocycles. The fourth-order valence-electron chi connectivity index (χ4n) is 1.92. The van der Waals surface area contributed by atoms with Crippen molar-refractivity contribution in [3.05, 3.63) is 29.8 Å². The Bertz CT molecular complexity index is 535. The van der Waals surface area contributed by atoms with Crippen LogP contribution in [0.1, 0.15) is 38.2 Å². The topological polar surface area (TPSA) is 77.1 Å². The van der Waals surface area contributed by atoms with Crippen molar-refractivity contribution in [2.75, 3.05) is 19.7 Å². The molecular formula is C17H21N3O2. The average molecular weight is 299 g/mol. The molecule has 0 atom stereocenters. The van der Waals surface area contributed by atoms with Gasteiger partial charge in [-0.2, -0.15) is 10.5 Å². The van der Waals surface area contributed by atoms with Crippen molar-refractivity contribution in [3.63, 3.8) is 0 Å². The van der Waals surface area contributed by atoms with Crippen LogP contribution in [0.3, 0.4) is 0 Å². The van der Waals surface area contributed by atoms with Crippen molar-refractivity contribution in [1.82, 2.24) is 4.90 Å². The summed E-state index contributed by atoms with van der Waals surface area (Å²) >= 11 is 0. The Morgan fingerprint density at radius 2 is 1.68 bits per heavy atom. The van der Waals surface area contributed by atoms with Crippen molar-refractivity contribution in [2.45, 2.75) is 32.6 Å². The van der Waals surface area contributed by atoms with E-state index in [0.29, 0.717) is 24.8 Å². The van der Waals surface area contributed by atoms with Gasteiger partial charge in [0, 0.05) is 13.1 Å². The number of nitrogens with zero attached hydrogens (tertiary/aromatic N) is 3. The van der Waals surface area contributed by atoms with E-state index in [1.54, 1.807) is 0 Å². The van der Waals surface area contributed by atoms with Crippen LogP contribution in [-0.2, 0) is 4.79 Å². The largest absolute Gasteiger partial charge is 0.484 e. The maximum absolute atomic E-state index is 12.1. The number of ether oxygens (including phenoxy) is 1. The lowest BCUT2D eigenvalue weighted by molar-refractivity contribution is -0.133. The van der Waals surface area contributed by atoms with E-state index < -0.39 is 0 Å². The van der Waals surface area contributed by atoms with Gasteiger partial charge in [-0.05, 0) is 23.6 Å². The predicted octanol–water partition coefficient (Wildman–Crippen LogP) is 2.84. The van der Waals surface area contributed by atoms with Crippen LogP contribution in [-0.4, -0.2) is 30.5 Å². The zero-order valence-electron chi connectivity index (χ0n) is 13.1. The third-order valence-corrected chi connectivity index (χ3v) is 3.25. The number of hydrogen-bond acceptors (Lipinski definition) is 4. The molecule has 22 heavy (non-hydrogen) atoms. The minimum absolute atomic E-state index is 0.0854. The van der Waals surface area contributed by atoms with Crippen LogP contribution in [0, 0.1) is 22.7 Å². The number of carbonyl (C=O) groups is 1. The van der Waals surface area contributed by atoms with Gasteiger partial charge in [0.1, 0.15) is 5.75 Å². The summed E-state index contributed by atoms with van der Waals surface area (Å²) in [5.41, 5.74) is 1.21. The summed E-state index contributed by atoms with van der Waals surface area (Å²) in [5, 5.41) is 17.2. The molecule has 0 radical (unpaired) electrons. The summed E-state index contributed by atoms with van der Waals surface area (Å²) in [4.78, 5) is 13.6. The fourth-order valence-corrected chi connectivity index (χ4v) is 1.92. The minimum Gasteiger partial charge on any atom is -0.484 e. The van der Waals surface area contributed by atoms with Crippen LogP contribution in [0.15, 0.2) is 24.3 Å². The number of hydrogen-bond donors (Lipinski definition) is 0. The summed E-state index contributed by atoms with van der Waals surface area (Å²) in [6.07, 6.45) is 0.501. The molecule has 0 aliphatic rings. The quantitative estimate of drug-likeness (QED) is 0.739. The lowest BCUT2D eigenvalue weighted by Gasteiger charge is -2.20. The standard InChI is InChI=1S/C17H21N3O2/c1-14(2)15-5-7-16(8-6-15)22-13-17(21)20(11-3-9-18)12-4-10-19/h5-8,14H,3-4,11-13H2,1-2H3. The van der Waals surface area contributed by atoms with E-state index in [1.165, 1.54) is 10.5 Å². The lowest BCUT2D eigenvalue weighted by Crippen LogP contribution is -2.36. The van der Waals surface area contributed by atoms with Crippen molar-refractivity contribution >= 4 is 5.91 Å². The number of nitriles is 2. The maximum atomic E-state index is 12.1. The van der Waals surface area contributed by atoms with Gasteiger partial charge < -0.3 is 9.64 Å². The number of rotatable bonds is 8. The van der Waals surface area contributed by atoms with Crippen LogP contribution >= 0.6 is 0 Å². The first kappa shape index (κ1) is 17.5. The first-order chi connectivity index (χ1) is 10.6. The third kappa shape index (κ3) is 5.85. The van der Waals surface area contributed by atoms with Crippen LogP contribution in [0.2, 0.25) is 0 Å². The van der Waals surface area contributed by atoms with Gasteiger partial charge in [0.15, 0.2) is 6.61 Å². The van der Waals surface area contributed by atoms with Crippen LogP contribution < -0.4 is 4.74 Å². The van der Waals surface area contributed by atoms with Crippen molar-refractivity contribution in [1.29, 1.82) is 10.5 Å². The maximum Gasteiger partial charge on any atom is 0.260 e. The second kappa shape index (κ2) is 9.41. The van der Waals surface area contributed by atoms with Crippen LogP contribution in [0.5, 0.6) is 5.75 Å². The molecule has 0 fully saturated rings. The SMILES string of the molecule is CC(C)c1ccc(OCC(=O)N(CCC#N)CCC#N)cc1. The molecule has 0 N–H and O–H groups in total. The van der Waals surface area contributed by atoms with Gasteiger partial charge in [-0.25, -0.2) is 0 Å². The smallest absolute Gasteiger partial charge is 0.260 e. The second-order valence-electron chi connectivity index (χ2n) is 5.21. The van der Waals surface area contributed by atoms with Gasteiger partial charge in [0.05, 0.1) is 25.0 Å². The molecular weight excluding hydrogens is 278 g/mol. The average Bonchev–Trinajstić information content (AvgIpc) is 2.53. The Kier molecular flexibility index (Phi) is 7.50. The molecule has 1 aromatic carbocycles. The predicted molar refractivity (Wildman–Crippen MR) is 83.1 cm³/mol. The zero-order chi connectivity index (χ0) is 16.4. The molecule has 1 amide bonds. The third-order valence-electron chi connectivity index (χ3n) is 3.25. The summed E-state index contributed by atoms with van der Waals surface area (Å²) < 4.78 is 5.49. The molecule has 1 aromatic rings. The molecule has 0 unspecified atom stereocenters. The first-order valence-corrected chi connectivity index (χ1v) is 7.33. The van der Waals surface area contributed by atoms with Gasteiger partial charge in [0.2, 0.25) is 0 Å². The van der Waals surface area contributed by atoms with Crippen molar-refractivity contribution in [2.24, 2.45) is 0 Å².